The summed E-state index contributed by atoms with van der Waals surface area (Å²) in [7, 11) is 0. The van der Waals surface area contributed by atoms with E-state index in [1.54, 1.807) is 4.90 Å². The fraction of sp³-hybridized carbons (Fsp3) is 0.500. The van der Waals surface area contributed by atoms with Crippen LogP contribution in [0.25, 0.3) is 0 Å². The van der Waals surface area contributed by atoms with Crippen molar-refractivity contribution < 1.29 is 14.3 Å². The Hall–Kier alpha value is -1.76. The van der Waals surface area contributed by atoms with Gasteiger partial charge in [0.05, 0.1) is 11.7 Å². The highest BCUT2D eigenvalue weighted by Crippen LogP contribution is 2.25. The van der Waals surface area contributed by atoms with Crippen molar-refractivity contribution in [1.82, 2.24) is 9.80 Å². The largest absolute Gasteiger partial charge is 0.447 e. The molecule has 3 amide bonds. The molecule has 0 spiro atoms. The van der Waals surface area contributed by atoms with Gasteiger partial charge in [0, 0.05) is 23.6 Å². The second-order valence-electron chi connectivity index (χ2n) is 5.96. The van der Waals surface area contributed by atoms with Crippen LogP contribution >= 0.6 is 15.9 Å². The Morgan fingerprint density at radius 3 is 2.61 bits per heavy atom. The predicted molar refractivity (Wildman–Crippen MR) is 90.4 cm³/mol. The first-order chi connectivity index (χ1) is 11.1. The van der Waals surface area contributed by atoms with Gasteiger partial charge in [0.2, 0.25) is 0 Å². The number of hydrogen-bond donors (Lipinski definition) is 1. The number of cyclic esters (lactones) is 1. The van der Waals surface area contributed by atoms with Crippen LogP contribution in [0.3, 0.4) is 0 Å². The number of likely N-dealkylation sites (tertiary alicyclic amines) is 1. The molecule has 1 N–H and O–H groups in total. The van der Waals surface area contributed by atoms with Crippen LogP contribution in [0.4, 0.5) is 15.3 Å². The Kier molecular flexibility index (Phi) is 4.75. The highest BCUT2D eigenvalue weighted by atomic mass is 79.9. The number of ether oxygens (including phenoxy) is 1. The third-order valence-corrected chi connectivity index (χ3v) is 5.09. The lowest BCUT2D eigenvalue weighted by atomic mass is 10.0. The number of piperidine rings is 1. The van der Waals surface area contributed by atoms with Crippen molar-refractivity contribution in [2.45, 2.75) is 31.8 Å². The molecule has 6 nitrogen and oxygen atoms in total. The van der Waals surface area contributed by atoms with E-state index in [1.807, 2.05) is 36.1 Å². The van der Waals surface area contributed by atoms with Gasteiger partial charge < -0.3 is 15.0 Å². The highest BCUT2D eigenvalue weighted by Gasteiger charge is 2.37. The monoisotopic (exact) mass is 381 g/mol. The summed E-state index contributed by atoms with van der Waals surface area (Å²) in [5, 5.41) is 2.92. The van der Waals surface area contributed by atoms with Gasteiger partial charge in [0.25, 0.3) is 0 Å². The minimum Gasteiger partial charge on any atom is -0.447 e. The molecule has 2 heterocycles. The molecule has 124 valence electrons. The molecule has 23 heavy (non-hydrogen) atoms. The van der Waals surface area contributed by atoms with Gasteiger partial charge in [-0.2, -0.15) is 0 Å². The molecule has 0 saturated carbocycles. The standard InChI is InChI=1S/C16H20BrN3O3/c1-11-10-23-16(22)20(11)12-6-8-19(9-7-12)15(21)18-14-5-3-2-4-13(14)17/h2-5,11-12H,6-10H2,1H3,(H,18,21). The van der Waals surface area contributed by atoms with Crippen LogP contribution < -0.4 is 5.32 Å². The summed E-state index contributed by atoms with van der Waals surface area (Å²) in [6.07, 6.45) is 1.33. The van der Waals surface area contributed by atoms with Gasteiger partial charge in [-0.05, 0) is 47.8 Å². The van der Waals surface area contributed by atoms with Crippen LogP contribution in [0.1, 0.15) is 19.8 Å². The number of anilines is 1. The Morgan fingerprint density at radius 2 is 2.00 bits per heavy atom. The van der Waals surface area contributed by atoms with E-state index in [2.05, 4.69) is 21.2 Å². The molecule has 0 radical (unpaired) electrons. The molecule has 1 aromatic carbocycles. The normalized spacial score (nSPS) is 22.2. The minimum absolute atomic E-state index is 0.104. The van der Waals surface area contributed by atoms with E-state index in [0.717, 1.165) is 23.0 Å². The number of hydrogen-bond acceptors (Lipinski definition) is 3. The SMILES string of the molecule is CC1COC(=O)N1C1CCN(C(=O)Nc2ccccc2Br)CC1. The number of amides is 3. The first-order valence-corrected chi connectivity index (χ1v) is 8.61. The predicted octanol–water partition coefficient (Wildman–Crippen LogP) is 3.29. The summed E-state index contributed by atoms with van der Waals surface area (Å²) in [6.45, 7) is 3.73. The Labute approximate surface area is 143 Å². The number of nitrogens with one attached hydrogen (secondary N) is 1. The number of nitrogens with zero attached hydrogens (tertiary/aromatic N) is 2. The van der Waals surface area contributed by atoms with Gasteiger partial charge >= 0.3 is 12.1 Å². The van der Waals surface area contributed by atoms with Crippen LogP contribution in [-0.2, 0) is 4.74 Å². The van der Waals surface area contributed by atoms with Crippen molar-refractivity contribution in [2.24, 2.45) is 0 Å². The Bertz CT molecular complexity index is 602. The van der Waals surface area contributed by atoms with E-state index in [9.17, 15) is 9.59 Å². The molecular weight excluding hydrogens is 362 g/mol. The quantitative estimate of drug-likeness (QED) is 0.854. The van der Waals surface area contributed by atoms with E-state index < -0.39 is 0 Å². The van der Waals surface area contributed by atoms with Crippen molar-refractivity contribution >= 4 is 33.7 Å². The average molecular weight is 382 g/mol. The lowest BCUT2D eigenvalue weighted by Gasteiger charge is -2.37. The molecule has 0 aromatic heterocycles. The van der Waals surface area contributed by atoms with Crippen molar-refractivity contribution in [1.29, 1.82) is 0 Å². The number of carbonyl (C=O) groups is 2. The molecule has 2 fully saturated rings. The summed E-state index contributed by atoms with van der Waals surface area (Å²) in [5.41, 5.74) is 0.761. The summed E-state index contributed by atoms with van der Waals surface area (Å²) >= 11 is 3.42. The van der Waals surface area contributed by atoms with E-state index in [1.165, 1.54) is 0 Å². The zero-order valence-electron chi connectivity index (χ0n) is 13.0. The van der Waals surface area contributed by atoms with Gasteiger partial charge in [-0.25, -0.2) is 9.59 Å². The van der Waals surface area contributed by atoms with Crippen LogP contribution in [0, 0.1) is 0 Å². The maximum Gasteiger partial charge on any atom is 0.410 e. The zero-order chi connectivity index (χ0) is 16.4. The molecule has 3 rings (SSSR count). The summed E-state index contributed by atoms with van der Waals surface area (Å²) in [5.74, 6) is 0. The summed E-state index contributed by atoms with van der Waals surface area (Å²) < 4.78 is 5.94. The van der Waals surface area contributed by atoms with Gasteiger partial charge in [0.1, 0.15) is 6.61 Å². The number of carbonyl (C=O) groups excluding carboxylic acids is 2. The molecule has 0 bridgehead atoms. The van der Waals surface area contributed by atoms with Crippen LogP contribution in [0.15, 0.2) is 28.7 Å². The number of para-hydroxylation sites is 1. The van der Waals surface area contributed by atoms with Gasteiger partial charge in [-0.3, -0.25) is 4.90 Å². The van der Waals surface area contributed by atoms with Crippen molar-refractivity contribution in [3.63, 3.8) is 0 Å². The maximum absolute atomic E-state index is 12.4. The first-order valence-electron chi connectivity index (χ1n) is 7.82. The molecule has 2 aliphatic rings. The smallest absolute Gasteiger partial charge is 0.410 e. The fourth-order valence-electron chi connectivity index (χ4n) is 3.14. The molecule has 0 aliphatic carbocycles. The summed E-state index contributed by atoms with van der Waals surface area (Å²) in [6, 6.07) is 7.71. The molecule has 7 heteroatoms. The average Bonchev–Trinajstić information content (AvgIpc) is 2.88. The van der Waals surface area contributed by atoms with Crippen LogP contribution in [-0.4, -0.2) is 53.7 Å². The number of halogens is 1. The Balaban J connectivity index is 1.55. The molecule has 1 atom stereocenters. The van der Waals surface area contributed by atoms with Crippen LogP contribution in [0.2, 0.25) is 0 Å². The van der Waals surface area contributed by atoms with Gasteiger partial charge in [0.15, 0.2) is 0 Å². The van der Waals surface area contributed by atoms with E-state index in [0.29, 0.717) is 19.7 Å². The zero-order valence-corrected chi connectivity index (χ0v) is 14.6. The maximum atomic E-state index is 12.4. The van der Waals surface area contributed by atoms with Gasteiger partial charge in [-0.15, -0.1) is 0 Å². The molecular formula is C16H20BrN3O3. The van der Waals surface area contributed by atoms with Crippen molar-refractivity contribution in [2.75, 3.05) is 25.0 Å². The second kappa shape index (κ2) is 6.78. The molecule has 1 aromatic rings. The van der Waals surface area contributed by atoms with E-state index in [-0.39, 0.29) is 24.2 Å². The topological polar surface area (TPSA) is 61.9 Å². The van der Waals surface area contributed by atoms with E-state index in [4.69, 9.17) is 4.74 Å². The third kappa shape index (κ3) is 3.44. The molecule has 2 saturated heterocycles. The number of rotatable bonds is 2. The van der Waals surface area contributed by atoms with E-state index >= 15 is 0 Å². The number of urea groups is 1. The van der Waals surface area contributed by atoms with Crippen LogP contribution in [0.5, 0.6) is 0 Å². The molecule has 2 aliphatic heterocycles. The summed E-state index contributed by atoms with van der Waals surface area (Å²) in [4.78, 5) is 27.8. The first kappa shape index (κ1) is 16.1. The lowest BCUT2D eigenvalue weighted by Crippen LogP contribution is -2.50. The number of benzene rings is 1. The molecule has 1 unspecified atom stereocenters. The second-order valence-corrected chi connectivity index (χ2v) is 6.82. The van der Waals surface area contributed by atoms with Crippen molar-refractivity contribution in [3.05, 3.63) is 28.7 Å². The third-order valence-electron chi connectivity index (χ3n) is 4.39. The lowest BCUT2D eigenvalue weighted by molar-refractivity contribution is 0.118. The highest BCUT2D eigenvalue weighted by molar-refractivity contribution is 9.10. The van der Waals surface area contributed by atoms with Gasteiger partial charge in [-0.1, -0.05) is 12.1 Å². The Morgan fingerprint density at radius 1 is 1.30 bits per heavy atom. The fourth-order valence-corrected chi connectivity index (χ4v) is 3.52. The minimum atomic E-state index is -0.228. The van der Waals surface area contributed by atoms with Crippen molar-refractivity contribution in [3.8, 4) is 0 Å².